The molecule has 5 heteroatoms. The molecule has 0 atom stereocenters. The van der Waals surface area contributed by atoms with E-state index < -0.39 is 0 Å². The molecule has 1 aromatic heterocycles. The van der Waals surface area contributed by atoms with Gasteiger partial charge >= 0.3 is 0 Å². The lowest BCUT2D eigenvalue weighted by Gasteiger charge is -2.09. The van der Waals surface area contributed by atoms with Crippen LogP contribution in [-0.2, 0) is 0 Å². The van der Waals surface area contributed by atoms with E-state index >= 15 is 0 Å². The summed E-state index contributed by atoms with van der Waals surface area (Å²) >= 11 is 0. The van der Waals surface area contributed by atoms with E-state index in [2.05, 4.69) is 9.97 Å². The minimum Gasteiger partial charge on any atom is -0.496 e. The van der Waals surface area contributed by atoms with E-state index in [4.69, 9.17) is 14.2 Å². The third-order valence-corrected chi connectivity index (χ3v) is 2.10. The zero-order valence-electron chi connectivity index (χ0n) is 9.58. The Kier molecular flexibility index (Phi) is 3.40. The van der Waals surface area contributed by atoms with Gasteiger partial charge in [0.05, 0.1) is 26.6 Å². The summed E-state index contributed by atoms with van der Waals surface area (Å²) in [4.78, 5) is 7.73. The van der Waals surface area contributed by atoms with Crippen LogP contribution in [0.2, 0.25) is 0 Å². The van der Waals surface area contributed by atoms with Crippen LogP contribution >= 0.6 is 0 Å². The molecule has 0 radical (unpaired) electrons. The lowest BCUT2D eigenvalue weighted by molar-refractivity contribution is 0.386. The van der Waals surface area contributed by atoms with Crippen molar-refractivity contribution in [2.45, 2.75) is 0 Å². The molecule has 0 saturated heterocycles. The Morgan fingerprint density at radius 1 is 0.765 bits per heavy atom. The number of nitrogens with zero attached hydrogens (tertiary/aromatic N) is 2. The van der Waals surface area contributed by atoms with Crippen LogP contribution in [0.4, 0.5) is 0 Å². The van der Waals surface area contributed by atoms with Gasteiger partial charge in [0.15, 0.2) is 5.75 Å². The van der Waals surface area contributed by atoms with Crippen LogP contribution in [0.15, 0.2) is 36.9 Å². The van der Waals surface area contributed by atoms with Crippen LogP contribution < -0.4 is 14.2 Å². The summed E-state index contributed by atoms with van der Waals surface area (Å²) in [7, 11) is 3.17. The van der Waals surface area contributed by atoms with Gasteiger partial charge in [0.2, 0.25) is 0 Å². The van der Waals surface area contributed by atoms with Gasteiger partial charge in [-0.2, -0.15) is 0 Å². The van der Waals surface area contributed by atoms with E-state index in [1.54, 1.807) is 44.8 Å². The molecule has 0 fully saturated rings. The van der Waals surface area contributed by atoms with Gasteiger partial charge in [0.1, 0.15) is 23.6 Å². The minimum atomic E-state index is 0.558. The third-order valence-electron chi connectivity index (χ3n) is 2.10. The zero-order chi connectivity index (χ0) is 12.1. The highest BCUT2D eigenvalue weighted by molar-refractivity contribution is 5.43. The second-order valence-corrected chi connectivity index (χ2v) is 3.22. The highest BCUT2D eigenvalue weighted by Crippen LogP contribution is 2.30. The first-order valence-electron chi connectivity index (χ1n) is 4.98. The number of methoxy groups -OCH3 is 2. The topological polar surface area (TPSA) is 53.5 Å². The first-order valence-corrected chi connectivity index (χ1v) is 4.98. The summed E-state index contributed by atoms with van der Waals surface area (Å²) in [5.74, 6) is 2.49. The molecule has 0 saturated carbocycles. The molecule has 0 N–H and O–H groups in total. The van der Waals surface area contributed by atoms with Crippen molar-refractivity contribution >= 4 is 0 Å². The van der Waals surface area contributed by atoms with Crippen molar-refractivity contribution in [2.75, 3.05) is 14.2 Å². The van der Waals surface area contributed by atoms with E-state index in [1.807, 2.05) is 0 Å². The van der Waals surface area contributed by atoms with Gasteiger partial charge in [0.25, 0.3) is 0 Å². The molecule has 0 bridgehead atoms. The minimum absolute atomic E-state index is 0.558. The predicted molar refractivity (Wildman–Crippen MR) is 61.7 cm³/mol. The summed E-state index contributed by atoms with van der Waals surface area (Å²) in [5.41, 5.74) is 0. The second-order valence-electron chi connectivity index (χ2n) is 3.22. The number of rotatable bonds is 4. The van der Waals surface area contributed by atoms with Crippen molar-refractivity contribution < 1.29 is 14.2 Å². The van der Waals surface area contributed by atoms with Gasteiger partial charge in [-0.15, -0.1) is 0 Å². The number of ether oxygens (including phenoxy) is 3. The fourth-order valence-corrected chi connectivity index (χ4v) is 1.31. The highest BCUT2D eigenvalue weighted by atomic mass is 16.5. The molecular formula is C12H12N2O3. The Bertz CT molecular complexity index is 466. The Balaban J connectivity index is 2.26. The first-order chi connectivity index (χ1) is 8.31. The van der Waals surface area contributed by atoms with Gasteiger partial charge in [-0.05, 0) is 0 Å². The molecule has 1 aromatic carbocycles. The van der Waals surface area contributed by atoms with Crippen molar-refractivity contribution in [3.63, 3.8) is 0 Å². The van der Waals surface area contributed by atoms with E-state index in [0.717, 1.165) is 0 Å². The highest BCUT2D eigenvalue weighted by Gasteiger charge is 2.04. The lowest BCUT2D eigenvalue weighted by Crippen LogP contribution is -1.91. The van der Waals surface area contributed by atoms with E-state index in [9.17, 15) is 0 Å². The SMILES string of the molecule is COc1cc(OC)cc(Oc2cncnc2)c1. The predicted octanol–water partition coefficient (Wildman–Crippen LogP) is 2.29. The summed E-state index contributed by atoms with van der Waals surface area (Å²) in [5, 5.41) is 0. The fourth-order valence-electron chi connectivity index (χ4n) is 1.31. The molecule has 17 heavy (non-hydrogen) atoms. The average Bonchev–Trinajstić information content (AvgIpc) is 2.39. The molecule has 0 aliphatic heterocycles. The van der Waals surface area contributed by atoms with E-state index in [-0.39, 0.29) is 0 Å². The van der Waals surface area contributed by atoms with Crippen LogP contribution in [0.3, 0.4) is 0 Å². The van der Waals surface area contributed by atoms with E-state index in [1.165, 1.54) is 6.33 Å². The molecule has 0 amide bonds. The average molecular weight is 232 g/mol. The maximum atomic E-state index is 5.58. The molecule has 2 rings (SSSR count). The Hall–Kier alpha value is -2.30. The molecular weight excluding hydrogens is 220 g/mol. The fraction of sp³-hybridized carbons (Fsp3) is 0.167. The summed E-state index contributed by atoms with van der Waals surface area (Å²) in [6.07, 6.45) is 4.61. The van der Waals surface area contributed by atoms with Crippen molar-refractivity contribution in [3.05, 3.63) is 36.9 Å². The van der Waals surface area contributed by atoms with E-state index in [0.29, 0.717) is 23.0 Å². The van der Waals surface area contributed by atoms with Crippen molar-refractivity contribution in [1.29, 1.82) is 0 Å². The standard InChI is InChI=1S/C12H12N2O3/c1-15-9-3-10(16-2)5-11(4-9)17-12-6-13-8-14-7-12/h3-8H,1-2H3. The molecule has 0 unspecified atom stereocenters. The van der Waals surface area contributed by atoms with Gasteiger partial charge < -0.3 is 14.2 Å². The zero-order valence-corrected chi connectivity index (χ0v) is 9.58. The summed E-state index contributed by atoms with van der Waals surface area (Å²) in [6.45, 7) is 0. The maximum absolute atomic E-state index is 5.58. The summed E-state index contributed by atoms with van der Waals surface area (Å²) in [6, 6.07) is 5.29. The first kappa shape index (κ1) is 11.2. The van der Waals surface area contributed by atoms with Crippen LogP contribution in [0, 0.1) is 0 Å². The van der Waals surface area contributed by atoms with Gasteiger partial charge in [0, 0.05) is 18.2 Å². The van der Waals surface area contributed by atoms with Crippen LogP contribution in [0.25, 0.3) is 0 Å². The Labute approximate surface area is 99.0 Å². The molecule has 5 nitrogen and oxygen atoms in total. The molecule has 2 aromatic rings. The van der Waals surface area contributed by atoms with Crippen molar-refractivity contribution in [1.82, 2.24) is 9.97 Å². The van der Waals surface area contributed by atoms with Gasteiger partial charge in [-0.1, -0.05) is 0 Å². The number of hydrogen-bond acceptors (Lipinski definition) is 5. The quantitative estimate of drug-likeness (QED) is 0.809. The lowest BCUT2D eigenvalue weighted by atomic mass is 10.3. The van der Waals surface area contributed by atoms with Gasteiger partial charge in [-0.25, -0.2) is 9.97 Å². The second kappa shape index (κ2) is 5.16. The maximum Gasteiger partial charge on any atom is 0.163 e. The molecule has 0 spiro atoms. The largest absolute Gasteiger partial charge is 0.496 e. The number of aromatic nitrogens is 2. The normalized spacial score (nSPS) is 9.76. The third kappa shape index (κ3) is 2.84. The molecule has 88 valence electrons. The Morgan fingerprint density at radius 3 is 1.82 bits per heavy atom. The smallest absolute Gasteiger partial charge is 0.163 e. The van der Waals surface area contributed by atoms with Gasteiger partial charge in [-0.3, -0.25) is 0 Å². The Morgan fingerprint density at radius 2 is 1.29 bits per heavy atom. The number of benzene rings is 1. The van der Waals surface area contributed by atoms with Crippen LogP contribution in [0.1, 0.15) is 0 Å². The number of hydrogen-bond donors (Lipinski definition) is 0. The molecule has 1 heterocycles. The van der Waals surface area contributed by atoms with Crippen LogP contribution in [0.5, 0.6) is 23.0 Å². The summed E-state index contributed by atoms with van der Waals surface area (Å²) < 4.78 is 15.9. The monoisotopic (exact) mass is 232 g/mol. The molecule has 0 aliphatic carbocycles. The van der Waals surface area contributed by atoms with Crippen LogP contribution in [-0.4, -0.2) is 24.2 Å². The van der Waals surface area contributed by atoms with Crippen molar-refractivity contribution in [2.24, 2.45) is 0 Å². The molecule has 0 aliphatic rings. The van der Waals surface area contributed by atoms with Crippen molar-refractivity contribution in [3.8, 4) is 23.0 Å².